The van der Waals surface area contributed by atoms with Crippen LogP contribution in [0.1, 0.15) is 37.4 Å². The van der Waals surface area contributed by atoms with E-state index < -0.39 is 0 Å². The minimum atomic E-state index is -0.186. The monoisotopic (exact) mass is 345 g/mol. The molecule has 3 nitrogen and oxygen atoms in total. The Bertz CT molecular complexity index is 1020. The predicted molar refractivity (Wildman–Crippen MR) is 99.5 cm³/mol. The van der Waals surface area contributed by atoms with E-state index in [9.17, 15) is 9.59 Å². The average molecular weight is 345 g/mol. The van der Waals surface area contributed by atoms with Gasteiger partial charge in [0, 0.05) is 32.2 Å². The highest BCUT2D eigenvalue weighted by Gasteiger charge is 2.33. The molecule has 25 heavy (non-hydrogen) atoms. The minimum absolute atomic E-state index is 0.146. The maximum absolute atomic E-state index is 13.0. The molecule has 0 aliphatic heterocycles. The van der Waals surface area contributed by atoms with Gasteiger partial charge in [0.25, 0.3) is 0 Å². The third kappa shape index (κ3) is 2.55. The number of fused-ring (bicyclic) bond motifs is 2. The summed E-state index contributed by atoms with van der Waals surface area (Å²) in [5, 5.41) is 0. The number of benzene rings is 3. The van der Waals surface area contributed by atoms with Gasteiger partial charge in [0.2, 0.25) is 0 Å². The van der Waals surface area contributed by atoms with Gasteiger partial charge in [-0.25, -0.2) is 0 Å². The molecule has 1 aliphatic carbocycles. The molecule has 0 saturated carbocycles. The molecule has 0 bridgehead atoms. The molecule has 0 aromatic heterocycles. The first-order chi connectivity index (χ1) is 12.1. The van der Waals surface area contributed by atoms with Crippen LogP contribution >= 0.6 is 11.8 Å². The summed E-state index contributed by atoms with van der Waals surface area (Å²) < 4.78 is 0. The van der Waals surface area contributed by atoms with Crippen LogP contribution in [0.5, 0.6) is 0 Å². The Hall–Kier alpha value is -2.85. The molecule has 0 unspecified atom stereocenters. The van der Waals surface area contributed by atoms with E-state index in [4.69, 9.17) is 5.73 Å². The molecule has 1 aliphatic rings. The highest BCUT2D eigenvalue weighted by molar-refractivity contribution is 7.99. The van der Waals surface area contributed by atoms with Gasteiger partial charge in [0.05, 0.1) is 5.56 Å². The zero-order valence-corrected chi connectivity index (χ0v) is 14.4. The quantitative estimate of drug-likeness (QED) is 0.543. The first-order valence-electron chi connectivity index (χ1n) is 7.91. The number of carbonyl (C=O) groups excluding carboxylic acids is 2. The first-order valence-corrected chi connectivity index (χ1v) is 8.73. The summed E-state index contributed by atoms with van der Waals surface area (Å²) in [4.78, 5) is 27.7. The van der Waals surface area contributed by atoms with Gasteiger partial charge in [-0.1, -0.05) is 53.7 Å². The summed E-state index contributed by atoms with van der Waals surface area (Å²) in [5.74, 6) is -0.332. The van der Waals surface area contributed by atoms with Crippen LogP contribution in [0.3, 0.4) is 0 Å². The lowest BCUT2D eigenvalue weighted by molar-refractivity contribution is 0.0977. The van der Waals surface area contributed by atoms with Crippen LogP contribution in [0.4, 0.5) is 5.69 Å². The molecule has 0 radical (unpaired) electrons. The van der Waals surface area contributed by atoms with Gasteiger partial charge in [-0.05, 0) is 31.2 Å². The Kier molecular flexibility index (Phi) is 3.70. The van der Waals surface area contributed by atoms with Gasteiger partial charge in [-0.15, -0.1) is 0 Å². The van der Waals surface area contributed by atoms with Crippen LogP contribution < -0.4 is 5.73 Å². The topological polar surface area (TPSA) is 60.2 Å². The van der Waals surface area contributed by atoms with E-state index >= 15 is 0 Å². The van der Waals surface area contributed by atoms with Crippen molar-refractivity contribution in [1.29, 1.82) is 0 Å². The molecule has 3 aromatic carbocycles. The number of hydrogen-bond donors (Lipinski definition) is 1. The first kappa shape index (κ1) is 15.7. The second-order valence-corrected chi connectivity index (χ2v) is 7.14. The lowest BCUT2D eigenvalue weighted by atomic mass is 9.83. The maximum Gasteiger partial charge on any atom is 0.196 e. The molecular formula is C21H15NO2S. The Morgan fingerprint density at radius 2 is 1.36 bits per heavy atom. The van der Waals surface area contributed by atoms with Crippen molar-refractivity contribution >= 4 is 29.0 Å². The zero-order valence-electron chi connectivity index (χ0n) is 13.6. The number of nitrogen functional groups attached to an aromatic ring is 1. The standard InChI is InChI=1S/C21H15NO2S/c1-12-8-10-13(11-9-12)25-17-7-3-5-15-19(17)21(24)14-4-2-6-16(22)18(14)20(15)23/h2-11H,22H2,1H3. The SMILES string of the molecule is Cc1ccc(Sc2cccc3c2C(=O)c2cccc(N)c2C3=O)cc1. The molecule has 0 spiro atoms. The van der Waals surface area contributed by atoms with Gasteiger partial charge >= 0.3 is 0 Å². The second kappa shape index (κ2) is 5.90. The van der Waals surface area contributed by atoms with Crippen LogP contribution in [0.2, 0.25) is 0 Å². The molecule has 2 N–H and O–H groups in total. The van der Waals surface area contributed by atoms with Crippen molar-refractivity contribution in [3.63, 3.8) is 0 Å². The van der Waals surface area contributed by atoms with Crippen molar-refractivity contribution < 1.29 is 9.59 Å². The number of rotatable bonds is 2. The molecule has 4 heteroatoms. The molecule has 4 rings (SSSR count). The smallest absolute Gasteiger partial charge is 0.196 e. The fourth-order valence-corrected chi connectivity index (χ4v) is 4.03. The van der Waals surface area contributed by atoms with Gasteiger partial charge < -0.3 is 5.73 Å². The molecule has 0 atom stereocenters. The van der Waals surface area contributed by atoms with Crippen molar-refractivity contribution in [3.05, 3.63) is 88.5 Å². The van der Waals surface area contributed by atoms with E-state index in [-0.39, 0.29) is 11.6 Å². The number of carbonyl (C=O) groups is 2. The maximum atomic E-state index is 13.0. The van der Waals surface area contributed by atoms with Gasteiger partial charge in [0.15, 0.2) is 11.6 Å². The van der Waals surface area contributed by atoms with E-state index in [0.29, 0.717) is 27.9 Å². The highest BCUT2D eigenvalue weighted by Crippen LogP contribution is 2.38. The summed E-state index contributed by atoms with van der Waals surface area (Å²) in [6, 6.07) is 18.5. The fraction of sp³-hybridized carbons (Fsp3) is 0.0476. The number of hydrogen-bond acceptors (Lipinski definition) is 4. The van der Waals surface area contributed by atoms with E-state index in [1.165, 1.54) is 17.3 Å². The van der Waals surface area contributed by atoms with E-state index in [1.54, 1.807) is 24.3 Å². The van der Waals surface area contributed by atoms with Crippen LogP contribution in [0, 0.1) is 6.92 Å². The van der Waals surface area contributed by atoms with Crippen molar-refractivity contribution in [2.45, 2.75) is 16.7 Å². The summed E-state index contributed by atoms with van der Waals surface area (Å²) in [7, 11) is 0. The molecular weight excluding hydrogens is 330 g/mol. The number of ketones is 2. The number of anilines is 1. The summed E-state index contributed by atoms with van der Waals surface area (Å²) >= 11 is 1.49. The second-order valence-electron chi connectivity index (χ2n) is 6.02. The highest BCUT2D eigenvalue weighted by atomic mass is 32.2. The summed E-state index contributed by atoms with van der Waals surface area (Å²) in [6.07, 6.45) is 0. The summed E-state index contributed by atoms with van der Waals surface area (Å²) in [6.45, 7) is 2.03. The minimum Gasteiger partial charge on any atom is -0.398 e. The summed E-state index contributed by atoms with van der Waals surface area (Å²) in [5.41, 5.74) is 9.06. The normalized spacial score (nSPS) is 12.7. The molecule has 122 valence electrons. The number of nitrogens with two attached hydrogens (primary N) is 1. The van der Waals surface area contributed by atoms with E-state index in [1.807, 2.05) is 43.3 Å². The third-order valence-corrected chi connectivity index (χ3v) is 5.38. The molecule has 0 heterocycles. The lowest BCUT2D eigenvalue weighted by Gasteiger charge is -2.21. The average Bonchev–Trinajstić information content (AvgIpc) is 2.61. The van der Waals surface area contributed by atoms with Crippen LogP contribution in [0.25, 0.3) is 0 Å². The molecule has 3 aromatic rings. The van der Waals surface area contributed by atoms with Crippen molar-refractivity contribution in [2.75, 3.05) is 5.73 Å². The molecule has 0 amide bonds. The van der Waals surface area contributed by atoms with E-state index in [0.717, 1.165) is 9.79 Å². The molecule has 0 fully saturated rings. The molecule has 0 saturated heterocycles. The van der Waals surface area contributed by atoms with Gasteiger partial charge in [-0.2, -0.15) is 0 Å². The van der Waals surface area contributed by atoms with Gasteiger partial charge in [-0.3, -0.25) is 9.59 Å². The van der Waals surface area contributed by atoms with Crippen LogP contribution in [0.15, 0.2) is 70.5 Å². The van der Waals surface area contributed by atoms with E-state index in [2.05, 4.69) is 0 Å². The zero-order chi connectivity index (χ0) is 17.6. The Balaban J connectivity index is 1.85. The fourth-order valence-electron chi connectivity index (χ4n) is 3.06. The van der Waals surface area contributed by atoms with Crippen LogP contribution in [-0.4, -0.2) is 11.6 Å². The Morgan fingerprint density at radius 3 is 2.08 bits per heavy atom. The lowest BCUT2D eigenvalue weighted by Crippen LogP contribution is -2.23. The Morgan fingerprint density at radius 1 is 0.760 bits per heavy atom. The number of aryl methyl sites for hydroxylation is 1. The largest absolute Gasteiger partial charge is 0.398 e. The van der Waals surface area contributed by atoms with Gasteiger partial charge in [0.1, 0.15) is 0 Å². The van der Waals surface area contributed by atoms with Crippen LogP contribution in [-0.2, 0) is 0 Å². The van der Waals surface area contributed by atoms with Crippen molar-refractivity contribution in [2.24, 2.45) is 0 Å². The predicted octanol–water partition coefficient (Wildman–Crippen LogP) is 4.50. The van der Waals surface area contributed by atoms with Crippen molar-refractivity contribution in [1.82, 2.24) is 0 Å². The third-order valence-electron chi connectivity index (χ3n) is 4.32. The Labute approximate surface area is 149 Å². The van der Waals surface area contributed by atoms with Crippen molar-refractivity contribution in [3.8, 4) is 0 Å².